The van der Waals surface area contributed by atoms with Gasteiger partial charge in [0.05, 0.1) is 6.54 Å². The number of nitrogens with zero attached hydrogens (tertiary/aromatic N) is 1. The molecule has 5 heteroatoms. The zero-order chi connectivity index (χ0) is 14.7. The van der Waals surface area contributed by atoms with Gasteiger partial charge in [0, 0.05) is 29.1 Å². The fraction of sp³-hybridized carbons (Fsp3) is 0.267. The molecule has 0 spiro atoms. The quantitative estimate of drug-likeness (QED) is 0.846. The monoisotopic (exact) mass is 307 g/mol. The molecular formula is C15H18ClN3S. The summed E-state index contributed by atoms with van der Waals surface area (Å²) in [5.41, 5.74) is 4.34. The maximum Gasteiger partial charge on any atom is 0.171 e. The smallest absolute Gasteiger partial charge is 0.171 e. The van der Waals surface area contributed by atoms with Crippen LogP contribution in [-0.4, -0.2) is 9.68 Å². The first kappa shape index (κ1) is 14.9. The molecule has 0 atom stereocenters. The third-order valence-corrected chi connectivity index (χ3v) is 4.08. The third-order valence-electron chi connectivity index (χ3n) is 3.42. The Morgan fingerprint density at radius 2 is 2.00 bits per heavy atom. The Morgan fingerprint density at radius 1 is 1.25 bits per heavy atom. The molecule has 0 aliphatic carbocycles. The van der Waals surface area contributed by atoms with E-state index in [9.17, 15) is 0 Å². The molecule has 2 aromatic rings. The van der Waals surface area contributed by atoms with Crippen LogP contribution in [0.25, 0.3) is 0 Å². The van der Waals surface area contributed by atoms with Crippen LogP contribution in [0, 0.1) is 13.8 Å². The number of hydrogen-bond donors (Lipinski definition) is 2. The predicted molar refractivity (Wildman–Crippen MR) is 89.4 cm³/mol. The van der Waals surface area contributed by atoms with Gasteiger partial charge in [0.2, 0.25) is 0 Å². The van der Waals surface area contributed by atoms with Crippen molar-refractivity contribution in [2.45, 2.75) is 20.4 Å². The minimum atomic E-state index is 0.592. The molecule has 3 nitrogen and oxygen atoms in total. The largest absolute Gasteiger partial charge is 0.357 e. The van der Waals surface area contributed by atoms with Crippen molar-refractivity contribution < 1.29 is 0 Å². The summed E-state index contributed by atoms with van der Waals surface area (Å²) in [6, 6.07) is 9.91. The molecule has 0 saturated heterocycles. The van der Waals surface area contributed by atoms with Crippen LogP contribution in [0.15, 0.2) is 30.3 Å². The summed E-state index contributed by atoms with van der Waals surface area (Å²) in [4.78, 5) is 0. The first-order valence-electron chi connectivity index (χ1n) is 6.40. The summed E-state index contributed by atoms with van der Waals surface area (Å²) in [6.07, 6.45) is 0. The zero-order valence-electron chi connectivity index (χ0n) is 11.8. The van der Waals surface area contributed by atoms with E-state index < -0.39 is 0 Å². The number of aryl methyl sites for hydroxylation is 1. The Bertz CT molecular complexity index is 634. The van der Waals surface area contributed by atoms with Gasteiger partial charge in [-0.2, -0.15) is 0 Å². The molecule has 0 saturated carbocycles. The highest BCUT2D eigenvalue weighted by Crippen LogP contribution is 2.22. The van der Waals surface area contributed by atoms with Crippen molar-refractivity contribution in [3.05, 3.63) is 52.3 Å². The lowest BCUT2D eigenvalue weighted by molar-refractivity contribution is 0.764. The summed E-state index contributed by atoms with van der Waals surface area (Å²) in [6.45, 7) is 4.74. The molecule has 0 radical (unpaired) electrons. The van der Waals surface area contributed by atoms with Crippen LogP contribution in [0.1, 0.15) is 17.0 Å². The molecule has 0 amide bonds. The first-order valence-corrected chi connectivity index (χ1v) is 7.19. The van der Waals surface area contributed by atoms with Gasteiger partial charge in [-0.1, -0.05) is 17.7 Å². The van der Waals surface area contributed by atoms with Crippen LogP contribution >= 0.6 is 23.8 Å². The van der Waals surface area contributed by atoms with Crippen molar-refractivity contribution in [1.82, 2.24) is 9.88 Å². The molecule has 0 aliphatic heterocycles. The normalized spacial score (nSPS) is 10.4. The summed E-state index contributed by atoms with van der Waals surface area (Å²) in [7, 11) is 2.05. The Labute approximate surface area is 129 Å². The molecule has 0 aliphatic rings. The van der Waals surface area contributed by atoms with Gasteiger partial charge in [-0.05, 0) is 55.9 Å². The van der Waals surface area contributed by atoms with Crippen LogP contribution in [0.4, 0.5) is 5.69 Å². The number of rotatable bonds is 3. The summed E-state index contributed by atoms with van der Waals surface area (Å²) < 4.78 is 2.14. The summed E-state index contributed by atoms with van der Waals surface area (Å²) in [5.74, 6) is 0. The lowest BCUT2D eigenvalue weighted by Crippen LogP contribution is -2.29. The van der Waals surface area contributed by atoms with E-state index >= 15 is 0 Å². The topological polar surface area (TPSA) is 29.0 Å². The molecule has 0 bridgehead atoms. The Hall–Kier alpha value is -1.52. The van der Waals surface area contributed by atoms with Gasteiger partial charge in [0.25, 0.3) is 0 Å². The highest BCUT2D eigenvalue weighted by atomic mass is 35.5. The number of benzene rings is 1. The van der Waals surface area contributed by atoms with Crippen molar-refractivity contribution in [2.75, 3.05) is 5.32 Å². The van der Waals surface area contributed by atoms with Crippen molar-refractivity contribution >= 4 is 34.6 Å². The van der Waals surface area contributed by atoms with Crippen LogP contribution in [0.3, 0.4) is 0 Å². The minimum Gasteiger partial charge on any atom is -0.357 e. The van der Waals surface area contributed by atoms with Crippen molar-refractivity contribution in [2.24, 2.45) is 7.05 Å². The molecule has 2 rings (SSSR count). The first-order chi connectivity index (χ1) is 9.49. The second-order valence-corrected chi connectivity index (χ2v) is 5.56. The van der Waals surface area contributed by atoms with E-state index in [0.717, 1.165) is 16.3 Å². The minimum absolute atomic E-state index is 0.592. The van der Waals surface area contributed by atoms with E-state index in [1.54, 1.807) is 0 Å². The number of hydrogen-bond acceptors (Lipinski definition) is 1. The standard InChI is InChI=1S/C15H18ClN3S/c1-10-7-8-12(19(10)3)9-17-15(20)18-14-6-4-5-13(16)11(14)2/h4-8H,9H2,1-3H3,(H2,17,18,20). The highest BCUT2D eigenvalue weighted by Gasteiger charge is 2.05. The van der Waals surface area contributed by atoms with Gasteiger partial charge in [0.15, 0.2) is 5.11 Å². The average molecular weight is 308 g/mol. The Morgan fingerprint density at radius 3 is 2.65 bits per heavy atom. The maximum absolute atomic E-state index is 6.09. The lowest BCUT2D eigenvalue weighted by Gasteiger charge is -2.13. The van der Waals surface area contributed by atoms with Crippen molar-refractivity contribution in [3.63, 3.8) is 0 Å². The number of thiocarbonyl (C=S) groups is 1. The van der Waals surface area contributed by atoms with Gasteiger partial charge >= 0.3 is 0 Å². The molecule has 20 heavy (non-hydrogen) atoms. The molecule has 0 unspecified atom stereocenters. The number of aromatic nitrogens is 1. The summed E-state index contributed by atoms with van der Waals surface area (Å²) in [5, 5.41) is 7.70. The Kier molecular flexibility index (Phi) is 4.68. The summed E-state index contributed by atoms with van der Waals surface area (Å²) >= 11 is 11.4. The van der Waals surface area contributed by atoms with Gasteiger partial charge in [-0.15, -0.1) is 0 Å². The van der Waals surface area contributed by atoms with Crippen LogP contribution in [-0.2, 0) is 13.6 Å². The fourth-order valence-corrected chi connectivity index (χ4v) is 2.28. The molecule has 2 N–H and O–H groups in total. The Balaban J connectivity index is 1.96. The van der Waals surface area contributed by atoms with E-state index in [0.29, 0.717) is 11.7 Å². The van der Waals surface area contributed by atoms with Crippen molar-refractivity contribution in [1.29, 1.82) is 0 Å². The molecule has 0 fully saturated rings. The second-order valence-electron chi connectivity index (χ2n) is 4.75. The SMILES string of the molecule is Cc1c(Cl)cccc1NC(=S)NCc1ccc(C)n1C. The van der Waals surface area contributed by atoms with Gasteiger partial charge in [0.1, 0.15) is 0 Å². The molecular weight excluding hydrogens is 290 g/mol. The predicted octanol–water partition coefficient (Wildman–Crippen LogP) is 3.78. The number of halogens is 1. The van der Waals surface area contributed by atoms with E-state index in [-0.39, 0.29) is 0 Å². The van der Waals surface area contributed by atoms with Crippen molar-refractivity contribution in [3.8, 4) is 0 Å². The zero-order valence-corrected chi connectivity index (χ0v) is 13.4. The fourth-order valence-electron chi connectivity index (χ4n) is 1.92. The number of anilines is 1. The molecule has 1 aromatic heterocycles. The molecule has 1 aromatic carbocycles. The van der Waals surface area contributed by atoms with Gasteiger partial charge in [-0.3, -0.25) is 0 Å². The van der Waals surface area contributed by atoms with E-state index in [4.69, 9.17) is 23.8 Å². The maximum atomic E-state index is 6.09. The lowest BCUT2D eigenvalue weighted by atomic mass is 10.2. The average Bonchev–Trinajstić information content (AvgIpc) is 2.73. The van der Waals surface area contributed by atoms with Gasteiger partial charge < -0.3 is 15.2 Å². The second kappa shape index (κ2) is 6.29. The highest BCUT2D eigenvalue weighted by molar-refractivity contribution is 7.80. The molecule has 1 heterocycles. The van der Waals surface area contributed by atoms with Crippen LogP contribution < -0.4 is 10.6 Å². The van der Waals surface area contributed by atoms with Gasteiger partial charge in [-0.25, -0.2) is 0 Å². The third kappa shape index (κ3) is 3.32. The van der Waals surface area contributed by atoms with E-state index in [1.165, 1.54) is 11.4 Å². The number of nitrogens with one attached hydrogen (secondary N) is 2. The van der Waals surface area contributed by atoms with E-state index in [2.05, 4.69) is 34.3 Å². The van der Waals surface area contributed by atoms with Crippen LogP contribution in [0.2, 0.25) is 5.02 Å². The van der Waals surface area contributed by atoms with Crippen LogP contribution in [0.5, 0.6) is 0 Å². The molecule has 106 valence electrons. The van der Waals surface area contributed by atoms with E-state index in [1.807, 2.05) is 32.2 Å².